The largest absolute Gasteiger partial charge is 0.466 e. The second kappa shape index (κ2) is 46.3. The number of hydrogen-bond donors (Lipinski definition) is 1. The Morgan fingerprint density at radius 1 is 0.536 bits per heavy atom. The summed E-state index contributed by atoms with van der Waals surface area (Å²) in [6.45, 7) is 13.4. The second-order valence-electron chi connectivity index (χ2n) is 15.2. The zero-order valence-electron chi connectivity index (χ0n) is 37.1. The SMILES string of the molecule is CC/C=C\CCCCOC(CCC(=O)OCCCCCCN(CCCCCCCC(=O)OCCCCCCCCC)CCCNSC)OCCCC/C=C\CC. The Morgan fingerprint density at radius 2 is 1.00 bits per heavy atom. The van der Waals surface area contributed by atoms with Crippen LogP contribution in [0.3, 0.4) is 0 Å². The summed E-state index contributed by atoms with van der Waals surface area (Å²) in [4.78, 5) is 27.2. The molecular weight excluding hydrogens is 721 g/mol. The highest BCUT2D eigenvalue weighted by Crippen LogP contribution is 2.13. The predicted octanol–water partition coefficient (Wildman–Crippen LogP) is 12.7. The number of nitrogens with zero attached hydrogens (tertiary/aromatic N) is 1. The van der Waals surface area contributed by atoms with Crippen molar-refractivity contribution in [2.75, 3.05) is 58.9 Å². The molecule has 0 aromatic carbocycles. The molecule has 0 aromatic heterocycles. The van der Waals surface area contributed by atoms with Crippen LogP contribution in [0.25, 0.3) is 0 Å². The van der Waals surface area contributed by atoms with Gasteiger partial charge in [-0.2, -0.15) is 0 Å². The molecule has 0 fully saturated rings. The van der Waals surface area contributed by atoms with Gasteiger partial charge < -0.3 is 23.8 Å². The van der Waals surface area contributed by atoms with Gasteiger partial charge in [0.25, 0.3) is 0 Å². The summed E-state index contributed by atoms with van der Waals surface area (Å²) in [5, 5.41) is 0. The Morgan fingerprint density at radius 3 is 1.54 bits per heavy atom. The molecule has 0 aliphatic carbocycles. The third kappa shape index (κ3) is 42.2. The van der Waals surface area contributed by atoms with Gasteiger partial charge in [-0.1, -0.05) is 128 Å². The first kappa shape index (κ1) is 54.6. The van der Waals surface area contributed by atoms with E-state index in [0.29, 0.717) is 45.7 Å². The molecule has 8 nitrogen and oxygen atoms in total. The molecule has 330 valence electrons. The molecule has 0 atom stereocenters. The molecule has 0 saturated heterocycles. The van der Waals surface area contributed by atoms with Gasteiger partial charge in [0.1, 0.15) is 0 Å². The third-order valence-corrected chi connectivity index (χ3v) is 10.4. The highest BCUT2D eigenvalue weighted by molar-refractivity contribution is 7.96. The maximum atomic E-state index is 12.5. The van der Waals surface area contributed by atoms with Crippen LogP contribution in [0.5, 0.6) is 0 Å². The minimum absolute atomic E-state index is 0.0203. The Bertz CT molecular complexity index is 865. The predicted molar refractivity (Wildman–Crippen MR) is 240 cm³/mol. The van der Waals surface area contributed by atoms with Gasteiger partial charge in [0.05, 0.1) is 19.6 Å². The number of nitrogens with one attached hydrogen (secondary N) is 1. The molecule has 0 bridgehead atoms. The van der Waals surface area contributed by atoms with Crippen LogP contribution < -0.4 is 4.72 Å². The number of unbranched alkanes of at least 4 members (excludes halogenated alkanes) is 17. The number of carbonyl (C=O) groups is 2. The minimum Gasteiger partial charge on any atom is -0.466 e. The van der Waals surface area contributed by atoms with Crippen LogP contribution >= 0.6 is 11.9 Å². The number of ether oxygens (including phenoxy) is 4. The number of carbonyl (C=O) groups excluding carboxylic acids is 2. The van der Waals surface area contributed by atoms with E-state index >= 15 is 0 Å². The lowest BCUT2D eigenvalue weighted by Crippen LogP contribution is -2.29. The molecule has 0 amide bonds. The van der Waals surface area contributed by atoms with Crippen molar-refractivity contribution in [1.82, 2.24) is 9.62 Å². The summed E-state index contributed by atoms with van der Waals surface area (Å²) in [7, 11) is 0. The molecule has 0 radical (unpaired) electrons. The third-order valence-electron chi connectivity index (χ3n) is 9.92. The number of hydrogen-bond acceptors (Lipinski definition) is 9. The molecule has 0 aliphatic heterocycles. The molecule has 0 aromatic rings. The minimum atomic E-state index is -0.348. The molecule has 0 rings (SSSR count). The molecule has 0 unspecified atom stereocenters. The van der Waals surface area contributed by atoms with Gasteiger partial charge in [-0.15, -0.1) is 0 Å². The van der Waals surface area contributed by atoms with Crippen molar-refractivity contribution in [1.29, 1.82) is 0 Å². The lowest BCUT2D eigenvalue weighted by atomic mass is 10.1. The van der Waals surface area contributed by atoms with Crippen molar-refractivity contribution in [2.45, 2.75) is 207 Å². The van der Waals surface area contributed by atoms with Gasteiger partial charge in [-0.25, -0.2) is 0 Å². The van der Waals surface area contributed by atoms with Crippen molar-refractivity contribution < 1.29 is 28.5 Å². The number of esters is 2. The zero-order chi connectivity index (χ0) is 40.8. The fourth-order valence-corrected chi connectivity index (χ4v) is 6.84. The molecule has 56 heavy (non-hydrogen) atoms. The Balaban J connectivity index is 4.19. The quantitative estimate of drug-likeness (QED) is 0.0212. The molecule has 0 saturated carbocycles. The fraction of sp³-hybridized carbons (Fsp3) is 0.872. The van der Waals surface area contributed by atoms with E-state index in [0.717, 1.165) is 122 Å². The van der Waals surface area contributed by atoms with E-state index in [1.54, 1.807) is 11.9 Å². The summed E-state index contributed by atoms with van der Waals surface area (Å²) in [6, 6.07) is 0. The van der Waals surface area contributed by atoms with Gasteiger partial charge in [0.2, 0.25) is 0 Å². The molecular formula is C47H90N2O6S. The lowest BCUT2D eigenvalue weighted by Gasteiger charge is -2.22. The molecule has 0 aliphatic rings. The van der Waals surface area contributed by atoms with E-state index in [1.165, 1.54) is 64.2 Å². The van der Waals surface area contributed by atoms with E-state index in [2.05, 4.69) is 61.0 Å². The van der Waals surface area contributed by atoms with Crippen LogP contribution in [-0.2, 0) is 28.5 Å². The monoisotopic (exact) mass is 811 g/mol. The summed E-state index contributed by atoms with van der Waals surface area (Å²) >= 11 is 1.69. The normalized spacial score (nSPS) is 11.9. The van der Waals surface area contributed by atoms with Gasteiger partial charge in [-0.05, 0) is 116 Å². The standard InChI is InChI=1S/C47H90N2O6S/c1-5-8-11-14-17-24-29-41-52-45(50)34-26-19-18-20-27-38-49(40-33-37-48-56-4)39-28-21-25-30-42-53-46(51)35-36-47(54-43-31-22-15-12-9-6-2)55-44-32-23-16-13-10-7-3/h9-10,12-13,47-48H,5-8,11,14-44H2,1-4H3/b12-9-,13-10-. The van der Waals surface area contributed by atoms with Gasteiger partial charge in [0.15, 0.2) is 6.29 Å². The van der Waals surface area contributed by atoms with E-state index in [-0.39, 0.29) is 18.2 Å². The highest BCUT2D eigenvalue weighted by atomic mass is 32.2. The second-order valence-corrected chi connectivity index (χ2v) is 15.9. The number of allylic oxidation sites excluding steroid dienone is 4. The van der Waals surface area contributed by atoms with E-state index in [9.17, 15) is 9.59 Å². The van der Waals surface area contributed by atoms with Crippen LogP contribution in [0.2, 0.25) is 0 Å². The first-order chi connectivity index (χ1) is 27.6. The van der Waals surface area contributed by atoms with Crippen molar-refractivity contribution in [2.24, 2.45) is 0 Å². The van der Waals surface area contributed by atoms with Crippen LogP contribution in [0.1, 0.15) is 201 Å². The Hall–Kier alpha value is -1.39. The van der Waals surface area contributed by atoms with Gasteiger partial charge in [0, 0.05) is 32.6 Å². The summed E-state index contributed by atoms with van der Waals surface area (Å²) in [5.41, 5.74) is 0. The zero-order valence-corrected chi connectivity index (χ0v) is 38.0. The van der Waals surface area contributed by atoms with Crippen molar-refractivity contribution in [3.05, 3.63) is 24.3 Å². The Kier molecular flexibility index (Phi) is 45.2. The van der Waals surface area contributed by atoms with Crippen LogP contribution in [-0.4, -0.2) is 82.0 Å². The highest BCUT2D eigenvalue weighted by Gasteiger charge is 2.14. The summed E-state index contributed by atoms with van der Waals surface area (Å²) < 4.78 is 26.5. The summed E-state index contributed by atoms with van der Waals surface area (Å²) in [6.07, 6.45) is 40.4. The fourth-order valence-electron chi connectivity index (χ4n) is 6.49. The molecule has 1 N–H and O–H groups in total. The molecule has 0 heterocycles. The molecule has 9 heteroatoms. The smallest absolute Gasteiger partial charge is 0.305 e. The van der Waals surface area contributed by atoms with Gasteiger partial charge >= 0.3 is 11.9 Å². The van der Waals surface area contributed by atoms with E-state index in [4.69, 9.17) is 18.9 Å². The average Bonchev–Trinajstić information content (AvgIpc) is 3.20. The van der Waals surface area contributed by atoms with Crippen LogP contribution in [0.4, 0.5) is 0 Å². The van der Waals surface area contributed by atoms with Crippen LogP contribution in [0.15, 0.2) is 24.3 Å². The first-order valence-corrected chi connectivity index (χ1v) is 24.6. The van der Waals surface area contributed by atoms with E-state index in [1.807, 2.05) is 0 Å². The van der Waals surface area contributed by atoms with Crippen molar-refractivity contribution in [3.8, 4) is 0 Å². The average molecular weight is 811 g/mol. The number of rotatable bonds is 45. The van der Waals surface area contributed by atoms with Crippen molar-refractivity contribution >= 4 is 23.9 Å². The summed E-state index contributed by atoms with van der Waals surface area (Å²) in [5.74, 6) is -0.173. The maximum Gasteiger partial charge on any atom is 0.305 e. The Labute approximate surface area is 350 Å². The topological polar surface area (TPSA) is 86.3 Å². The van der Waals surface area contributed by atoms with Crippen molar-refractivity contribution in [3.63, 3.8) is 0 Å². The van der Waals surface area contributed by atoms with E-state index < -0.39 is 0 Å². The van der Waals surface area contributed by atoms with Crippen LogP contribution in [0, 0.1) is 0 Å². The maximum absolute atomic E-state index is 12.5. The van der Waals surface area contributed by atoms with Gasteiger partial charge in [-0.3, -0.25) is 14.3 Å². The lowest BCUT2D eigenvalue weighted by molar-refractivity contribution is -0.159. The molecule has 0 spiro atoms. The first-order valence-electron chi connectivity index (χ1n) is 23.4.